The van der Waals surface area contributed by atoms with Gasteiger partial charge >= 0.3 is 6.03 Å². The van der Waals surface area contributed by atoms with Crippen molar-refractivity contribution in [3.05, 3.63) is 59.9 Å². The van der Waals surface area contributed by atoms with Crippen molar-refractivity contribution in [1.29, 1.82) is 0 Å². The van der Waals surface area contributed by atoms with Gasteiger partial charge in [0, 0.05) is 24.9 Å². The van der Waals surface area contributed by atoms with E-state index in [-0.39, 0.29) is 11.4 Å². The number of unbranched alkanes of at least 4 members (excludes halogenated alkanes) is 1. The summed E-state index contributed by atoms with van der Waals surface area (Å²) in [5.74, 6) is 1.22. The summed E-state index contributed by atoms with van der Waals surface area (Å²) < 4.78 is 29.0. The quantitative estimate of drug-likeness (QED) is 0.354. The third-order valence-electron chi connectivity index (χ3n) is 5.62. The molecule has 0 unspecified atom stereocenters. The van der Waals surface area contributed by atoms with E-state index < -0.39 is 16.1 Å². The minimum atomic E-state index is -3.96. The minimum absolute atomic E-state index is 0.0325. The lowest BCUT2D eigenvalue weighted by atomic mass is 10.2. The predicted octanol–water partition coefficient (Wildman–Crippen LogP) is 3.51. The molecule has 0 aliphatic heterocycles. The molecule has 10 heteroatoms. The van der Waals surface area contributed by atoms with Crippen LogP contribution < -0.4 is 15.8 Å². The third-order valence-corrected chi connectivity index (χ3v) is 6.97. The van der Waals surface area contributed by atoms with Gasteiger partial charge in [-0.2, -0.15) is 0 Å². The Labute approximate surface area is 198 Å². The van der Waals surface area contributed by atoms with E-state index in [0.29, 0.717) is 17.9 Å². The van der Waals surface area contributed by atoms with Crippen LogP contribution in [0, 0.1) is 6.92 Å². The topological polar surface area (TPSA) is 132 Å². The van der Waals surface area contributed by atoms with Gasteiger partial charge in [0.2, 0.25) is 0 Å². The normalized spacial score (nSPS) is 11.7. The Kier molecular flexibility index (Phi) is 6.69. The number of nitrogens with zero attached hydrogens (tertiary/aromatic N) is 3. The van der Waals surface area contributed by atoms with E-state index in [9.17, 15) is 13.2 Å². The highest BCUT2D eigenvalue weighted by atomic mass is 32.2. The first kappa shape index (κ1) is 23.5. The first-order valence-electron chi connectivity index (χ1n) is 11.2. The summed E-state index contributed by atoms with van der Waals surface area (Å²) in [6.45, 7) is 4.58. The number of fused-ring (bicyclic) bond motifs is 3. The van der Waals surface area contributed by atoms with Gasteiger partial charge in [0.15, 0.2) is 5.82 Å². The fourth-order valence-corrected chi connectivity index (χ4v) is 4.82. The van der Waals surface area contributed by atoms with Gasteiger partial charge < -0.3 is 15.6 Å². The fraction of sp³-hybridized carbons (Fsp3) is 0.292. The highest BCUT2D eigenvalue weighted by Gasteiger charge is 2.19. The van der Waals surface area contributed by atoms with Gasteiger partial charge in [-0.05, 0) is 31.5 Å². The van der Waals surface area contributed by atoms with Crippen LogP contribution in [0.5, 0.6) is 0 Å². The van der Waals surface area contributed by atoms with Crippen LogP contribution in [-0.4, -0.2) is 35.5 Å². The van der Waals surface area contributed by atoms with E-state index in [1.165, 1.54) is 12.1 Å². The van der Waals surface area contributed by atoms with Gasteiger partial charge in [0.05, 0.1) is 15.9 Å². The zero-order chi connectivity index (χ0) is 24.3. The molecule has 4 rings (SSSR count). The molecule has 2 aromatic heterocycles. The van der Waals surface area contributed by atoms with Crippen molar-refractivity contribution < 1.29 is 13.2 Å². The van der Waals surface area contributed by atoms with Gasteiger partial charge in [-0.3, -0.25) is 0 Å². The van der Waals surface area contributed by atoms with E-state index >= 15 is 0 Å². The number of pyridine rings is 1. The Morgan fingerprint density at radius 2 is 1.82 bits per heavy atom. The number of nitrogens with two attached hydrogens (primary N) is 1. The summed E-state index contributed by atoms with van der Waals surface area (Å²) in [5, 5.41) is 3.57. The molecule has 0 aliphatic carbocycles. The van der Waals surface area contributed by atoms with Crippen molar-refractivity contribution >= 4 is 43.8 Å². The Morgan fingerprint density at radius 3 is 2.56 bits per heavy atom. The lowest BCUT2D eigenvalue weighted by Crippen LogP contribution is -2.40. The molecule has 0 saturated heterocycles. The standard InChI is InChI=1S/C24H28N6O3S/c1-3-4-9-20-28-21-22(18-7-5-6-8-19(18)27-23(21)25)30(20)15-14-26-24(31)29-34(32,33)17-12-10-16(2)11-13-17/h5-8,10-13H,3-4,9,14-15H2,1-2H3,(H2,25,27)(H2,26,29,31). The molecule has 0 radical (unpaired) electrons. The summed E-state index contributed by atoms with van der Waals surface area (Å²) >= 11 is 0. The molecular weight excluding hydrogens is 452 g/mol. The van der Waals surface area contributed by atoms with E-state index in [0.717, 1.165) is 47.1 Å². The number of benzene rings is 2. The number of amides is 2. The molecule has 0 spiro atoms. The number of nitrogens with one attached hydrogen (secondary N) is 2. The monoisotopic (exact) mass is 480 g/mol. The first-order chi connectivity index (χ1) is 16.3. The lowest BCUT2D eigenvalue weighted by Gasteiger charge is -2.12. The second-order valence-corrected chi connectivity index (χ2v) is 9.85. The molecule has 2 amide bonds. The number of carbonyl (C=O) groups is 1. The number of hydrogen-bond donors (Lipinski definition) is 3. The average Bonchev–Trinajstić information content (AvgIpc) is 3.17. The number of hydrogen-bond acceptors (Lipinski definition) is 6. The molecule has 0 aliphatic rings. The number of nitrogen functional groups attached to an aromatic ring is 1. The van der Waals surface area contributed by atoms with Crippen molar-refractivity contribution in [1.82, 2.24) is 24.6 Å². The lowest BCUT2D eigenvalue weighted by molar-refractivity contribution is 0.245. The fourth-order valence-electron chi connectivity index (χ4n) is 3.89. The molecular formula is C24H28N6O3S. The smallest absolute Gasteiger partial charge is 0.328 e. The summed E-state index contributed by atoms with van der Waals surface area (Å²) in [4.78, 5) is 21.6. The van der Waals surface area contributed by atoms with Crippen LogP contribution in [0.25, 0.3) is 21.9 Å². The van der Waals surface area contributed by atoms with Crippen LogP contribution >= 0.6 is 0 Å². The van der Waals surface area contributed by atoms with E-state index in [4.69, 9.17) is 10.7 Å². The van der Waals surface area contributed by atoms with Gasteiger partial charge in [-0.15, -0.1) is 0 Å². The number of para-hydroxylation sites is 1. The van der Waals surface area contributed by atoms with Gasteiger partial charge in [0.25, 0.3) is 10.0 Å². The molecule has 0 bridgehead atoms. The largest absolute Gasteiger partial charge is 0.382 e. The van der Waals surface area contributed by atoms with Crippen LogP contribution in [0.2, 0.25) is 0 Å². The highest BCUT2D eigenvalue weighted by Crippen LogP contribution is 2.29. The second kappa shape index (κ2) is 9.68. The highest BCUT2D eigenvalue weighted by molar-refractivity contribution is 7.90. The number of rotatable bonds is 8. The van der Waals surface area contributed by atoms with Crippen LogP contribution in [0.4, 0.5) is 10.6 Å². The van der Waals surface area contributed by atoms with Gasteiger partial charge in [0.1, 0.15) is 11.3 Å². The molecule has 4 N–H and O–H groups in total. The summed E-state index contributed by atoms with van der Waals surface area (Å²) in [5.41, 5.74) is 9.41. The molecule has 0 atom stereocenters. The van der Waals surface area contributed by atoms with Crippen molar-refractivity contribution in [2.24, 2.45) is 0 Å². The maximum atomic E-state index is 12.5. The van der Waals surface area contributed by atoms with Crippen molar-refractivity contribution in [3.8, 4) is 0 Å². The van der Waals surface area contributed by atoms with E-state index in [2.05, 4.69) is 21.9 Å². The summed E-state index contributed by atoms with van der Waals surface area (Å²) in [6.07, 6.45) is 2.72. The Hall–Kier alpha value is -3.66. The predicted molar refractivity (Wildman–Crippen MR) is 133 cm³/mol. The number of urea groups is 1. The average molecular weight is 481 g/mol. The van der Waals surface area contributed by atoms with Crippen molar-refractivity contribution in [2.45, 2.75) is 44.6 Å². The number of carbonyl (C=O) groups excluding carboxylic acids is 1. The van der Waals surface area contributed by atoms with E-state index in [1.54, 1.807) is 12.1 Å². The number of aryl methyl sites for hydroxylation is 2. The number of imidazole rings is 1. The number of sulfonamides is 1. The third kappa shape index (κ3) is 4.81. The zero-order valence-electron chi connectivity index (χ0n) is 19.2. The first-order valence-corrected chi connectivity index (χ1v) is 12.7. The molecule has 2 aromatic carbocycles. The van der Waals surface area contributed by atoms with Gasteiger partial charge in [-0.1, -0.05) is 49.2 Å². The molecule has 0 saturated carbocycles. The van der Waals surface area contributed by atoms with Crippen LogP contribution in [-0.2, 0) is 23.0 Å². The zero-order valence-corrected chi connectivity index (χ0v) is 20.0. The Morgan fingerprint density at radius 1 is 1.09 bits per heavy atom. The SMILES string of the molecule is CCCCc1nc2c(N)nc3ccccc3c2n1CCNC(=O)NS(=O)(=O)c1ccc(C)cc1. The molecule has 178 valence electrons. The molecule has 4 aromatic rings. The minimum Gasteiger partial charge on any atom is -0.382 e. The van der Waals surface area contributed by atoms with Crippen molar-refractivity contribution in [3.63, 3.8) is 0 Å². The molecule has 2 heterocycles. The number of aromatic nitrogens is 3. The van der Waals surface area contributed by atoms with E-state index in [1.807, 2.05) is 35.8 Å². The van der Waals surface area contributed by atoms with Crippen molar-refractivity contribution in [2.75, 3.05) is 12.3 Å². The van der Waals surface area contributed by atoms with Crippen LogP contribution in [0.1, 0.15) is 31.2 Å². The molecule has 34 heavy (non-hydrogen) atoms. The second-order valence-electron chi connectivity index (χ2n) is 8.17. The Bertz CT molecular complexity index is 1450. The molecule has 9 nitrogen and oxygen atoms in total. The van der Waals surface area contributed by atoms with Crippen LogP contribution in [0.15, 0.2) is 53.4 Å². The van der Waals surface area contributed by atoms with Gasteiger partial charge in [-0.25, -0.2) is 27.9 Å². The van der Waals surface area contributed by atoms with Crippen LogP contribution in [0.3, 0.4) is 0 Å². The maximum absolute atomic E-state index is 12.5. The molecule has 0 fully saturated rings. The summed E-state index contributed by atoms with van der Waals surface area (Å²) in [7, 11) is -3.96. The number of anilines is 1. The maximum Gasteiger partial charge on any atom is 0.328 e. The summed E-state index contributed by atoms with van der Waals surface area (Å²) in [6, 6.07) is 13.2. The Balaban J connectivity index is 1.55.